The summed E-state index contributed by atoms with van der Waals surface area (Å²) in [5.74, 6) is -0.795. The van der Waals surface area contributed by atoms with Gasteiger partial charge in [-0.05, 0) is 13.8 Å². The van der Waals surface area contributed by atoms with Crippen LogP contribution in [-0.4, -0.2) is 77.1 Å². The highest BCUT2D eigenvalue weighted by Crippen LogP contribution is 2.09. The van der Waals surface area contributed by atoms with Crippen molar-refractivity contribution in [2.75, 3.05) is 39.3 Å². The second kappa shape index (κ2) is 8.47. The molecule has 1 aliphatic heterocycles. The van der Waals surface area contributed by atoms with E-state index < -0.39 is 5.97 Å². The fourth-order valence-corrected chi connectivity index (χ4v) is 2.34. The first-order chi connectivity index (χ1) is 9.95. The number of hydrogen-bond acceptors (Lipinski definition) is 4. The summed E-state index contributed by atoms with van der Waals surface area (Å²) >= 11 is 0. The predicted octanol–water partition coefficient (Wildman–Crippen LogP) is 0.823. The molecule has 1 fully saturated rings. The van der Waals surface area contributed by atoms with Crippen LogP contribution >= 0.6 is 0 Å². The molecule has 7 nitrogen and oxygen atoms in total. The van der Waals surface area contributed by atoms with Gasteiger partial charge in [-0.2, -0.15) is 5.26 Å². The monoisotopic (exact) mass is 296 g/mol. The summed E-state index contributed by atoms with van der Waals surface area (Å²) in [5, 5.41) is 17.3. The Morgan fingerprint density at radius 1 is 1.29 bits per heavy atom. The summed E-state index contributed by atoms with van der Waals surface area (Å²) in [6.07, 6.45) is 0.469. The van der Waals surface area contributed by atoms with Crippen molar-refractivity contribution >= 4 is 12.0 Å². The van der Waals surface area contributed by atoms with Crippen LogP contribution in [0.3, 0.4) is 0 Å². The first-order valence-electron chi connectivity index (χ1n) is 7.32. The van der Waals surface area contributed by atoms with Crippen LogP contribution in [0.25, 0.3) is 0 Å². The van der Waals surface area contributed by atoms with Crippen LogP contribution in [-0.2, 0) is 4.79 Å². The Labute approximate surface area is 125 Å². The first-order valence-corrected chi connectivity index (χ1v) is 7.32. The Balaban J connectivity index is 2.46. The molecule has 7 heteroatoms. The van der Waals surface area contributed by atoms with E-state index in [1.807, 2.05) is 13.8 Å². The number of amides is 2. The Kier molecular flexibility index (Phi) is 6.96. The molecule has 1 rings (SSSR count). The molecule has 21 heavy (non-hydrogen) atoms. The third-order valence-corrected chi connectivity index (χ3v) is 3.62. The highest BCUT2D eigenvalue weighted by molar-refractivity contribution is 5.75. The lowest BCUT2D eigenvalue weighted by molar-refractivity contribution is -0.137. The number of piperazine rings is 1. The molecule has 0 aromatic heterocycles. The van der Waals surface area contributed by atoms with Gasteiger partial charge >= 0.3 is 12.0 Å². The quantitative estimate of drug-likeness (QED) is 0.784. The average molecular weight is 296 g/mol. The molecule has 0 spiro atoms. The SMILES string of the molecule is CC(C)N(CCC#N)C(=O)N1CCN(CCC(=O)O)CC1. The van der Waals surface area contributed by atoms with E-state index in [1.54, 1.807) is 9.80 Å². The van der Waals surface area contributed by atoms with Crippen LogP contribution in [0, 0.1) is 11.3 Å². The zero-order chi connectivity index (χ0) is 15.8. The van der Waals surface area contributed by atoms with Gasteiger partial charge < -0.3 is 14.9 Å². The highest BCUT2D eigenvalue weighted by Gasteiger charge is 2.26. The maximum absolute atomic E-state index is 12.4. The number of rotatable bonds is 6. The molecule has 1 heterocycles. The number of carboxylic acid groups (broad SMARTS) is 1. The molecule has 0 radical (unpaired) electrons. The van der Waals surface area contributed by atoms with Crippen LogP contribution in [0.5, 0.6) is 0 Å². The van der Waals surface area contributed by atoms with Crippen LogP contribution in [0.4, 0.5) is 4.79 Å². The summed E-state index contributed by atoms with van der Waals surface area (Å²) in [6, 6.07) is 2.11. The second-order valence-corrected chi connectivity index (χ2v) is 5.45. The van der Waals surface area contributed by atoms with E-state index in [9.17, 15) is 9.59 Å². The molecule has 1 saturated heterocycles. The third kappa shape index (κ3) is 5.60. The van der Waals surface area contributed by atoms with E-state index in [0.29, 0.717) is 45.7 Å². The number of carboxylic acids is 1. The fourth-order valence-electron chi connectivity index (χ4n) is 2.34. The number of hydrogen-bond donors (Lipinski definition) is 1. The number of carbonyl (C=O) groups excluding carboxylic acids is 1. The van der Waals surface area contributed by atoms with Crippen molar-refractivity contribution < 1.29 is 14.7 Å². The molecule has 0 atom stereocenters. The first kappa shape index (κ1) is 17.2. The number of nitrogens with zero attached hydrogens (tertiary/aromatic N) is 4. The lowest BCUT2D eigenvalue weighted by Crippen LogP contribution is -2.54. The van der Waals surface area contributed by atoms with Crippen molar-refractivity contribution in [1.29, 1.82) is 5.26 Å². The Hall–Kier alpha value is -1.81. The van der Waals surface area contributed by atoms with Gasteiger partial charge in [0.2, 0.25) is 0 Å². The molecule has 0 bridgehead atoms. The summed E-state index contributed by atoms with van der Waals surface area (Å²) in [6.45, 7) is 7.47. The highest BCUT2D eigenvalue weighted by atomic mass is 16.4. The minimum Gasteiger partial charge on any atom is -0.481 e. The van der Waals surface area contributed by atoms with Crippen LogP contribution < -0.4 is 0 Å². The van der Waals surface area contributed by atoms with Gasteiger partial charge in [0.15, 0.2) is 0 Å². The molecule has 118 valence electrons. The molecule has 0 aromatic rings. The summed E-state index contributed by atoms with van der Waals surface area (Å²) in [4.78, 5) is 28.6. The van der Waals surface area contributed by atoms with Crippen LogP contribution in [0.1, 0.15) is 26.7 Å². The molecule has 1 N–H and O–H groups in total. The van der Waals surface area contributed by atoms with Crippen molar-refractivity contribution in [2.24, 2.45) is 0 Å². The maximum atomic E-state index is 12.4. The topological polar surface area (TPSA) is 87.9 Å². The fraction of sp³-hybridized carbons (Fsp3) is 0.786. The van der Waals surface area contributed by atoms with Gasteiger partial charge in [0, 0.05) is 45.3 Å². The van der Waals surface area contributed by atoms with Crippen LogP contribution in [0.2, 0.25) is 0 Å². The van der Waals surface area contributed by atoms with E-state index in [4.69, 9.17) is 10.4 Å². The van der Waals surface area contributed by atoms with E-state index in [0.717, 1.165) is 0 Å². The van der Waals surface area contributed by atoms with Crippen molar-refractivity contribution in [2.45, 2.75) is 32.7 Å². The van der Waals surface area contributed by atoms with Crippen LogP contribution in [0.15, 0.2) is 0 Å². The smallest absolute Gasteiger partial charge is 0.320 e. The van der Waals surface area contributed by atoms with Crippen molar-refractivity contribution in [3.05, 3.63) is 0 Å². The van der Waals surface area contributed by atoms with E-state index in [1.165, 1.54) is 0 Å². The van der Waals surface area contributed by atoms with Gasteiger partial charge in [0.25, 0.3) is 0 Å². The van der Waals surface area contributed by atoms with Crippen molar-refractivity contribution in [3.63, 3.8) is 0 Å². The van der Waals surface area contributed by atoms with E-state index >= 15 is 0 Å². The molecule has 0 aliphatic carbocycles. The lowest BCUT2D eigenvalue weighted by Gasteiger charge is -2.38. The average Bonchev–Trinajstić information content (AvgIpc) is 2.45. The Morgan fingerprint density at radius 2 is 1.90 bits per heavy atom. The van der Waals surface area contributed by atoms with Crippen molar-refractivity contribution in [3.8, 4) is 6.07 Å². The predicted molar refractivity (Wildman–Crippen MR) is 77.7 cm³/mol. The summed E-state index contributed by atoms with van der Waals surface area (Å²) in [7, 11) is 0. The largest absolute Gasteiger partial charge is 0.481 e. The maximum Gasteiger partial charge on any atom is 0.320 e. The van der Waals surface area contributed by atoms with Gasteiger partial charge in [-0.3, -0.25) is 9.69 Å². The molecule has 0 unspecified atom stereocenters. The molecular weight excluding hydrogens is 272 g/mol. The zero-order valence-corrected chi connectivity index (χ0v) is 12.8. The summed E-state index contributed by atoms with van der Waals surface area (Å²) in [5.41, 5.74) is 0. The van der Waals surface area contributed by atoms with Gasteiger partial charge in [-0.15, -0.1) is 0 Å². The van der Waals surface area contributed by atoms with Gasteiger partial charge in [0.1, 0.15) is 0 Å². The van der Waals surface area contributed by atoms with E-state index in [2.05, 4.69) is 11.0 Å². The van der Waals surface area contributed by atoms with Gasteiger partial charge in [-0.25, -0.2) is 4.79 Å². The third-order valence-electron chi connectivity index (χ3n) is 3.62. The number of urea groups is 1. The number of carbonyl (C=O) groups is 2. The minimum absolute atomic E-state index is 0.0295. The standard InChI is InChI=1S/C14H24N4O3/c1-12(2)18(6-3-5-15)14(21)17-10-8-16(9-11-17)7-4-13(19)20/h12H,3-4,6-11H2,1-2H3,(H,19,20). The zero-order valence-electron chi connectivity index (χ0n) is 12.8. The normalized spacial score (nSPS) is 15.8. The molecule has 2 amide bonds. The molecular formula is C14H24N4O3. The van der Waals surface area contributed by atoms with Crippen molar-refractivity contribution in [1.82, 2.24) is 14.7 Å². The summed E-state index contributed by atoms with van der Waals surface area (Å²) < 4.78 is 0. The molecule has 1 aliphatic rings. The molecule has 0 saturated carbocycles. The minimum atomic E-state index is -0.795. The Bertz CT molecular complexity index is 398. The second-order valence-electron chi connectivity index (χ2n) is 5.45. The van der Waals surface area contributed by atoms with E-state index in [-0.39, 0.29) is 18.5 Å². The van der Waals surface area contributed by atoms with Gasteiger partial charge in [-0.1, -0.05) is 0 Å². The lowest BCUT2D eigenvalue weighted by atomic mass is 10.2. The van der Waals surface area contributed by atoms with Gasteiger partial charge in [0.05, 0.1) is 18.9 Å². The number of nitriles is 1. The molecule has 0 aromatic carbocycles. The Morgan fingerprint density at radius 3 is 2.38 bits per heavy atom. The number of aliphatic carboxylic acids is 1.